The van der Waals surface area contributed by atoms with Gasteiger partial charge in [-0.3, -0.25) is 0 Å². The Kier molecular flexibility index (Phi) is 3.32. The summed E-state index contributed by atoms with van der Waals surface area (Å²) in [6, 6.07) is 4.53. The van der Waals surface area contributed by atoms with E-state index in [4.69, 9.17) is 11.6 Å². The lowest BCUT2D eigenvalue weighted by atomic mass is 10.3. The van der Waals surface area contributed by atoms with E-state index in [0.29, 0.717) is 25.2 Å². The molecule has 1 heterocycles. The molecule has 0 unspecified atom stereocenters. The van der Waals surface area contributed by atoms with Gasteiger partial charge in [-0.05, 0) is 24.6 Å². The second-order valence-corrected chi connectivity index (χ2v) is 7.02. The molecule has 0 amide bonds. The minimum absolute atomic E-state index is 0.0765. The zero-order chi connectivity index (χ0) is 12.6. The summed E-state index contributed by atoms with van der Waals surface area (Å²) in [6.07, 6.45) is 1.83. The Morgan fingerprint density at radius 3 is 2.71 bits per heavy atom. The Morgan fingerprint density at radius 1 is 1.47 bits per heavy atom. The number of anilines is 1. The maximum Gasteiger partial charge on any atom is 0.152 e. The van der Waals surface area contributed by atoms with Crippen LogP contribution in [0.4, 0.5) is 10.1 Å². The highest BCUT2D eigenvalue weighted by Gasteiger charge is 2.30. The SMILES string of the molecule is CS(=O)(=O)[C@H]1CCN(c2ccc(Cl)c(F)c2)C1. The summed E-state index contributed by atoms with van der Waals surface area (Å²) in [4.78, 5) is 1.87. The van der Waals surface area contributed by atoms with Crippen LogP contribution in [0.15, 0.2) is 18.2 Å². The van der Waals surface area contributed by atoms with E-state index in [2.05, 4.69) is 0 Å². The molecular formula is C11H13ClFNO2S. The van der Waals surface area contributed by atoms with E-state index in [1.165, 1.54) is 18.4 Å². The molecule has 1 aromatic rings. The molecule has 0 spiro atoms. The molecule has 1 aliphatic rings. The van der Waals surface area contributed by atoms with Crippen LogP contribution in [0.1, 0.15) is 6.42 Å². The van der Waals surface area contributed by atoms with Gasteiger partial charge in [-0.2, -0.15) is 0 Å². The predicted octanol–water partition coefficient (Wildman–Crippen LogP) is 2.10. The van der Waals surface area contributed by atoms with Crippen LogP contribution in [0.3, 0.4) is 0 Å². The number of sulfone groups is 1. The molecule has 0 aromatic heterocycles. The van der Waals surface area contributed by atoms with Gasteiger partial charge in [-0.1, -0.05) is 11.6 Å². The first-order valence-electron chi connectivity index (χ1n) is 5.27. The second kappa shape index (κ2) is 4.46. The van der Waals surface area contributed by atoms with Gasteiger partial charge in [0.15, 0.2) is 9.84 Å². The number of nitrogens with zero attached hydrogens (tertiary/aromatic N) is 1. The van der Waals surface area contributed by atoms with Gasteiger partial charge in [0, 0.05) is 25.0 Å². The largest absolute Gasteiger partial charge is 0.370 e. The Balaban J connectivity index is 2.18. The molecule has 1 saturated heterocycles. The van der Waals surface area contributed by atoms with Crippen molar-refractivity contribution in [1.29, 1.82) is 0 Å². The second-order valence-electron chi connectivity index (χ2n) is 4.28. The van der Waals surface area contributed by atoms with Crippen LogP contribution in [-0.4, -0.2) is 33.0 Å². The van der Waals surface area contributed by atoms with Gasteiger partial charge in [0.2, 0.25) is 0 Å². The Morgan fingerprint density at radius 2 is 2.18 bits per heavy atom. The Hall–Kier alpha value is -0.810. The maximum atomic E-state index is 13.3. The van der Waals surface area contributed by atoms with Crippen LogP contribution in [0.25, 0.3) is 0 Å². The fraction of sp³-hybridized carbons (Fsp3) is 0.455. The van der Waals surface area contributed by atoms with Crippen LogP contribution in [0, 0.1) is 5.82 Å². The molecule has 2 rings (SSSR count). The van der Waals surface area contributed by atoms with Crippen molar-refractivity contribution in [1.82, 2.24) is 0 Å². The smallest absolute Gasteiger partial charge is 0.152 e. The van der Waals surface area contributed by atoms with Gasteiger partial charge in [0.25, 0.3) is 0 Å². The van der Waals surface area contributed by atoms with Crippen LogP contribution in [-0.2, 0) is 9.84 Å². The minimum Gasteiger partial charge on any atom is -0.370 e. The highest BCUT2D eigenvalue weighted by atomic mass is 35.5. The molecule has 0 bridgehead atoms. The van der Waals surface area contributed by atoms with Gasteiger partial charge in [0.1, 0.15) is 5.82 Å². The fourth-order valence-corrected chi connectivity index (χ4v) is 3.10. The topological polar surface area (TPSA) is 37.4 Å². The summed E-state index contributed by atoms with van der Waals surface area (Å²) in [6.45, 7) is 1.04. The van der Waals surface area contributed by atoms with Crippen molar-refractivity contribution >= 4 is 27.1 Å². The van der Waals surface area contributed by atoms with Crippen molar-refractivity contribution < 1.29 is 12.8 Å². The number of benzene rings is 1. The summed E-state index contributed by atoms with van der Waals surface area (Å²) in [5, 5.41) is -0.283. The molecule has 0 aliphatic carbocycles. The predicted molar refractivity (Wildman–Crippen MR) is 66.9 cm³/mol. The number of hydrogen-bond donors (Lipinski definition) is 0. The lowest BCUT2D eigenvalue weighted by Gasteiger charge is -2.18. The Labute approximate surface area is 105 Å². The van der Waals surface area contributed by atoms with Crippen LogP contribution in [0.2, 0.25) is 5.02 Å². The van der Waals surface area contributed by atoms with Crippen molar-refractivity contribution in [2.45, 2.75) is 11.7 Å². The van der Waals surface area contributed by atoms with Gasteiger partial charge in [0.05, 0.1) is 10.3 Å². The minimum atomic E-state index is -3.02. The van der Waals surface area contributed by atoms with Crippen molar-refractivity contribution in [2.24, 2.45) is 0 Å². The highest BCUT2D eigenvalue weighted by molar-refractivity contribution is 7.91. The molecule has 1 aromatic carbocycles. The quantitative estimate of drug-likeness (QED) is 0.831. The molecule has 0 saturated carbocycles. The number of halogens is 2. The van der Waals surface area contributed by atoms with E-state index < -0.39 is 15.7 Å². The first-order chi connectivity index (χ1) is 7.88. The summed E-state index contributed by atoms with van der Waals surface area (Å²) < 4.78 is 36.1. The van der Waals surface area contributed by atoms with E-state index in [-0.39, 0.29) is 10.3 Å². The van der Waals surface area contributed by atoms with Crippen LogP contribution >= 0.6 is 11.6 Å². The van der Waals surface area contributed by atoms with E-state index in [0.717, 1.165) is 0 Å². The van der Waals surface area contributed by atoms with Crippen molar-refractivity contribution in [3.8, 4) is 0 Å². The maximum absolute atomic E-state index is 13.3. The van der Waals surface area contributed by atoms with Crippen molar-refractivity contribution in [2.75, 3.05) is 24.2 Å². The van der Waals surface area contributed by atoms with E-state index in [1.807, 2.05) is 4.90 Å². The number of rotatable bonds is 2. The average Bonchev–Trinajstić information content (AvgIpc) is 2.70. The summed E-state index contributed by atoms with van der Waals surface area (Å²) in [5.74, 6) is -0.480. The molecule has 1 atom stereocenters. The molecular weight excluding hydrogens is 265 g/mol. The third-order valence-corrected chi connectivity index (χ3v) is 4.92. The van der Waals surface area contributed by atoms with E-state index >= 15 is 0 Å². The lowest BCUT2D eigenvalue weighted by molar-refractivity contribution is 0.589. The zero-order valence-corrected chi connectivity index (χ0v) is 10.9. The molecule has 94 valence electrons. The average molecular weight is 278 g/mol. The third kappa shape index (κ3) is 2.72. The summed E-state index contributed by atoms with van der Waals surface area (Å²) >= 11 is 5.60. The molecule has 17 heavy (non-hydrogen) atoms. The summed E-state index contributed by atoms with van der Waals surface area (Å²) in [5.41, 5.74) is 0.679. The fourth-order valence-electron chi connectivity index (χ4n) is 1.99. The molecule has 6 heteroatoms. The lowest BCUT2D eigenvalue weighted by Crippen LogP contribution is -2.26. The van der Waals surface area contributed by atoms with E-state index in [9.17, 15) is 12.8 Å². The molecule has 3 nitrogen and oxygen atoms in total. The van der Waals surface area contributed by atoms with Crippen molar-refractivity contribution in [3.05, 3.63) is 29.0 Å². The van der Waals surface area contributed by atoms with Gasteiger partial charge >= 0.3 is 0 Å². The summed E-state index contributed by atoms with van der Waals surface area (Å²) in [7, 11) is -3.02. The standard InChI is InChI=1S/C11H13ClFNO2S/c1-17(15,16)9-4-5-14(7-9)8-2-3-10(12)11(13)6-8/h2-3,6,9H,4-5,7H2,1H3/t9-/m0/s1. The van der Waals surface area contributed by atoms with Gasteiger partial charge < -0.3 is 4.90 Å². The number of hydrogen-bond acceptors (Lipinski definition) is 3. The van der Waals surface area contributed by atoms with Gasteiger partial charge in [-0.15, -0.1) is 0 Å². The zero-order valence-electron chi connectivity index (χ0n) is 9.36. The molecule has 0 radical (unpaired) electrons. The van der Waals surface area contributed by atoms with E-state index in [1.54, 1.807) is 6.07 Å². The Bertz CT molecular complexity index is 532. The monoisotopic (exact) mass is 277 g/mol. The third-order valence-electron chi connectivity index (χ3n) is 3.02. The first kappa shape index (κ1) is 12.6. The first-order valence-corrected chi connectivity index (χ1v) is 7.60. The molecule has 0 N–H and O–H groups in total. The molecule has 1 fully saturated rings. The van der Waals surface area contributed by atoms with Gasteiger partial charge in [-0.25, -0.2) is 12.8 Å². The van der Waals surface area contributed by atoms with Crippen LogP contribution in [0.5, 0.6) is 0 Å². The molecule has 1 aliphatic heterocycles. The highest BCUT2D eigenvalue weighted by Crippen LogP contribution is 2.26. The normalized spacial score (nSPS) is 20.9. The van der Waals surface area contributed by atoms with Crippen molar-refractivity contribution in [3.63, 3.8) is 0 Å². The van der Waals surface area contributed by atoms with Crippen LogP contribution < -0.4 is 4.90 Å².